The highest BCUT2D eigenvalue weighted by Crippen LogP contribution is 2.20. The number of rotatable bonds is 24. The summed E-state index contributed by atoms with van der Waals surface area (Å²) in [7, 11) is 0. The molecule has 0 fully saturated rings. The zero-order chi connectivity index (χ0) is 31.8. The van der Waals surface area contributed by atoms with E-state index in [1.54, 1.807) is 30.5 Å². The van der Waals surface area contributed by atoms with Gasteiger partial charge in [0.1, 0.15) is 17.2 Å². The van der Waals surface area contributed by atoms with Gasteiger partial charge in [0.05, 0.1) is 24.5 Å². The molecule has 0 saturated heterocycles. The molecule has 0 aliphatic carbocycles. The van der Waals surface area contributed by atoms with Gasteiger partial charge in [-0.1, -0.05) is 104 Å². The fourth-order valence-electron chi connectivity index (χ4n) is 5.10. The monoisotopic (exact) mass is 613 g/mol. The van der Waals surface area contributed by atoms with E-state index in [9.17, 15) is 4.79 Å². The van der Waals surface area contributed by atoms with Crippen molar-refractivity contribution in [2.45, 2.75) is 117 Å². The van der Waals surface area contributed by atoms with Gasteiger partial charge >= 0.3 is 5.97 Å². The zero-order valence-corrected chi connectivity index (χ0v) is 27.8. The second-order valence-corrected chi connectivity index (χ2v) is 11.9. The summed E-state index contributed by atoms with van der Waals surface area (Å²) in [5.74, 6) is 1.75. The van der Waals surface area contributed by atoms with Gasteiger partial charge in [-0.2, -0.15) is 0 Å². The predicted octanol–water partition coefficient (Wildman–Crippen LogP) is 11.7. The van der Waals surface area contributed by atoms with Crippen LogP contribution in [-0.4, -0.2) is 25.4 Å². The number of nitrogens with zero attached hydrogens (tertiary/aromatic N) is 1. The van der Waals surface area contributed by atoms with Crippen LogP contribution in [0.2, 0.25) is 0 Å². The second-order valence-electron chi connectivity index (χ2n) is 11.9. The summed E-state index contributed by atoms with van der Waals surface area (Å²) in [6, 6.07) is 22.3. The molecule has 0 saturated carbocycles. The molecular formula is C40H55NO4. The van der Waals surface area contributed by atoms with Gasteiger partial charge in [-0.3, -0.25) is 4.99 Å². The fraction of sp³-hybridized carbons (Fsp3) is 0.500. The van der Waals surface area contributed by atoms with E-state index >= 15 is 0 Å². The van der Waals surface area contributed by atoms with Crippen LogP contribution in [-0.2, 0) is 0 Å². The molecule has 0 spiro atoms. The molecule has 0 aliphatic heterocycles. The third-order valence-corrected chi connectivity index (χ3v) is 7.91. The normalized spacial score (nSPS) is 11.2. The first-order valence-electron chi connectivity index (χ1n) is 17.5. The predicted molar refractivity (Wildman–Crippen MR) is 188 cm³/mol. The van der Waals surface area contributed by atoms with Crippen molar-refractivity contribution in [3.05, 3.63) is 83.9 Å². The summed E-state index contributed by atoms with van der Waals surface area (Å²) >= 11 is 0. The Morgan fingerprint density at radius 3 is 1.44 bits per heavy atom. The van der Waals surface area contributed by atoms with Crippen molar-refractivity contribution >= 4 is 17.9 Å². The average molecular weight is 614 g/mol. The van der Waals surface area contributed by atoms with E-state index in [1.165, 1.54) is 89.9 Å². The number of hydrogen-bond donors (Lipinski definition) is 0. The minimum Gasteiger partial charge on any atom is -0.494 e. The number of hydrogen-bond acceptors (Lipinski definition) is 5. The van der Waals surface area contributed by atoms with Gasteiger partial charge in [0, 0.05) is 6.21 Å². The van der Waals surface area contributed by atoms with Gasteiger partial charge < -0.3 is 14.2 Å². The topological polar surface area (TPSA) is 57.1 Å². The number of benzene rings is 3. The van der Waals surface area contributed by atoms with Crippen LogP contribution in [0.4, 0.5) is 5.69 Å². The van der Waals surface area contributed by atoms with Crippen molar-refractivity contribution in [3.8, 4) is 17.2 Å². The SMILES string of the molecule is CCCCCCCCCCCCOc1ccc(C(=O)Oc2ccc(C=Nc3ccc(OCCCCCCCC)cc3)cc2)cc1. The molecule has 5 nitrogen and oxygen atoms in total. The van der Waals surface area contributed by atoms with E-state index in [2.05, 4.69) is 18.8 Å². The van der Waals surface area contributed by atoms with Crippen LogP contribution in [0, 0.1) is 0 Å². The summed E-state index contributed by atoms with van der Waals surface area (Å²) in [5.41, 5.74) is 2.27. The van der Waals surface area contributed by atoms with Crippen LogP contribution in [0.15, 0.2) is 77.8 Å². The molecule has 0 atom stereocenters. The molecule has 0 aromatic heterocycles. The molecule has 0 radical (unpaired) electrons. The lowest BCUT2D eigenvalue weighted by atomic mass is 10.1. The Morgan fingerprint density at radius 1 is 0.533 bits per heavy atom. The lowest BCUT2D eigenvalue weighted by molar-refractivity contribution is 0.0734. The molecule has 0 heterocycles. The zero-order valence-electron chi connectivity index (χ0n) is 27.8. The summed E-state index contributed by atoms with van der Waals surface area (Å²) in [4.78, 5) is 17.2. The molecule has 0 aliphatic rings. The first-order chi connectivity index (χ1) is 22.2. The number of unbranched alkanes of at least 4 members (excludes halogenated alkanes) is 14. The molecule has 3 aromatic carbocycles. The van der Waals surface area contributed by atoms with Crippen molar-refractivity contribution < 1.29 is 19.0 Å². The Labute approximate surface area is 272 Å². The van der Waals surface area contributed by atoms with E-state index in [-0.39, 0.29) is 0 Å². The second kappa shape index (κ2) is 22.8. The van der Waals surface area contributed by atoms with E-state index < -0.39 is 5.97 Å². The first-order valence-corrected chi connectivity index (χ1v) is 17.5. The summed E-state index contributed by atoms with van der Waals surface area (Å²) in [6.45, 7) is 5.96. The molecule has 0 bridgehead atoms. The Bertz CT molecular complexity index is 1200. The van der Waals surface area contributed by atoms with E-state index in [1.807, 2.05) is 48.5 Å². The minimum atomic E-state index is -0.392. The van der Waals surface area contributed by atoms with Gasteiger partial charge in [-0.25, -0.2) is 4.79 Å². The van der Waals surface area contributed by atoms with Crippen LogP contribution in [0.25, 0.3) is 0 Å². The molecule has 45 heavy (non-hydrogen) atoms. The van der Waals surface area contributed by atoms with Crippen LogP contribution in [0.1, 0.15) is 133 Å². The van der Waals surface area contributed by atoms with Gasteiger partial charge in [0.25, 0.3) is 0 Å². The van der Waals surface area contributed by atoms with E-state index in [0.29, 0.717) is 17.9 Å². The third-order valence-electron chi connectivity index (χ3n) is 7.91. The maximum Gasteiger partial charge on any atom is 0.343 e. The van der Waals surface area contributed by atoms with E-state index in [4.69, 9.17) is 14.2 Å². The molecule has 3 rings (SSSR count). The number of carbonyl (C=O) groups excluding carboxylic acids is 1. The maximum atomic E-state index is 12.6. The number of carbonyl (C=O) groups is 1. The van der Waals surface area contributed by atoms with Gasteiger partial charge in [-0.15, -0.1) is 0 Å². The Balaban J connectivity index is 1.30. The minimum absolute atomic E-state index is 0.392. The largest absolute Gasteiger partial charge is 0.494 e. The lowest BCUT2D eigenvalue weighted by Gasteiger charge is -2.08. The highest BCUT2D eigenvalue weighted by Gasteiger charge is 2.09. The Hall–Kier alpha value is -3.60. The van der Waals surface area contributed by atoms with Crippen molar-refractivity contribution in [2.75, 3.05) is 13.2 Å². The smallest absolute Gasteiger partial charge is 0.343 e. The van der Waals surface area contributed by atoms with E-state index in [0.717, 1.165) is 42.2 Å². The van der Waals surface area contributed by atoms with Crippen LogP contribution in [0.5, 0.6) is 17.2 Å². The Kier molecular flexibility index (Phi) is 18.2. The number of esters is 1. The quantitative estimate of drug-likeness (QED) is 0.0436. The van der Waals surface area contributed by atoms with Crippen molar-refractivity contribution in [3.63, 3.8) is 0 Å². The fourth-order valence-corrected chi connectivity index (χ4v) is 5.10. The molecule has 5 heteroatoms. The summed E-state index contributed by atoms with van der Waals surface area (Å²) in [5, 5.41) is 0. The molecule has 244 valence electrons. The summed E-state index contributed by atoms with van der Waals surface area (Å²) in [6.07, 6.45) is 22.4. The highest BCUT2D eigenvalue weighted by atomic mass is 16.5. The number of aliphatic imine (C=N–C) groups is 1. The first kappa shape index (κ1) is 35.9. The van der Waals surface area contributed by atoms with Gasteiger partial charge in [-0.05, 0) is 91.2 Å². The summed E-state index contributed by atoms with van der Waals surface area (Å²) < 4.78 is 17.3. The standard InChI is InChI=1S/C40H55NO4/c1-3-5-7-9-11-12-13-14-16-18-31-43-37-27-21-35(22-28-37)40(42)45-39-25-19-34(20-26-39)33-41-36-23-29-38(30-24-36)44-32-17-15-10-8-6-4-2/h19-30,33H,3-18,31-32H2,1-2H3. The van der Waals surface area contributed by atoms with Gasteiger partial charge in [0.15, 0.2) is 0 Å². The van der Waals surface area contributed by atoms with Crippen LogP contribution >= 0.6 is 0 Å². The highest BCUT2D eigenvalue weighted by molar-refractivity contribution is 5.91. The van der Waals surface area contributed by atoms with Crippen LogP contribution in [0.3, 0.4) is 0 Å². The molecular weight excluding hydrogens is 558 g/mol. The number of ether oxygens (including phenoxy) is 3. The van der Waals surface area contributed by atoms with Crippen molar-refractivity contribution in [1.82, 2.24) is 0 Å². The lowest BCUT2D eigenvalue weighted by Crippen LogP contribution is -2.08. The molecule has 0 amide bonds. The Morgan fingerprint density at radius 2 is 0.956 bits per heavy atom. The van der Waals surface area contributed by atoms with Gasteiger partial charge in [0.2, 0.25) is 0 Å². The molecule has 0 unspecified atom stereocenters. The molecule has 3 aromatic rings. The maximum absolute atomic E-state index is 12.6. The average Bonchev–Trinajstić information content (AvgIpc) is 3.07. The van der Waals surface area contributed by atoms with Crippen molar-refractivity contribution in [1.29, 1.82) is 0 Å². The van der Waals surface area contributed by atoms with Crippen molar-refractivity contribution in [2.24, 2.45) is 4.99 Å². The third kappa shape index (κ3) is 15.8. The van der Waals surface area contributed by atoms with Crippen LogP contribution < -0.4 is 14.2 Å². The molecule has 0 N–H and O–H groups in total.